The largest absolute Gasteiger partial charge is 0.513 e. The summed E-state index contributed by atoms with van der Waals surface area (Å²) in [6.45, 7) is 5.57. The third-order valence-electron chi connectivity index (χ3n) is 4.53. The van der Waals surface area contributed by atoms with Crippen LogP contribution in [-0.4, -0.2) is 26.5 Å². The molecule has 2 aromatic rings. The Balaban J connectivity index is 2.32. The van der Waals surface area contributed by atoms with Crippen LogP contribution in [0, 0.1) is 0 Å². The van der Waals surface area contributed by atoms with Gasteiger partial charge in [0.2, 0.25) is 0 Å². The van der Waals surface area contributed by atoms with Crippen LogP contribution in [0.1, 0.15) is 58.8 Å². The smallest absolute Gasteiger partial charge is 0.490 e. The van der Waals surface area contributed by atoms with Crippen molar-refractivity contribution in [3.63, 3.8) is 0 Å². The summed E-state index contributed by atoms with van der Waals surface area (Å²) in [6.07, 6.45) is 6.97. The molecule has 0 radical (unpaired) electrons. The summed E-state index contributed by atoms with van der Waals surface area (Å²) in [4.78, 5) is 11.7. The Bertz CT molecular complexity index is 741. The molecule has 0 N–H and O–H groups in total. The van der Waals surface area contributed by atoms with Crippen molar-refractivity contribution >= 4 is 16.9 Å². The minimum Gasteiger partial charge on any atom is -0.490 e. The van der Waals surface area contributed by atoms with Crippen LogP contribution in [0.4, 0.5) is 4.79 Å². The monoisotopic (exact) mass is 388 g/mol. The molecule has 0 unspecified atom stereocenters. The van der Waals surface area contributed by atoms with E-state index in [9.17, 15) is 4.79 Å². The molecule has 154 valence electrons. The quantitative estimate of drug-likeness (QED) is 0.235. The molecule has 0 fully saturated rings. The lowest BCUT2D eigenvalue weighted by Crippen LogP contribution is -2.09. The van der Waals surface area contributed by atoms with E-state index in [4.69, 9.17) is 14.2 Å². The van der Waals surface area contributed by atoms with Crippen LogP contribution in [0.15, 0.2) is 30.3 Å². The summed E-state index contributed by atoms with van der Waals surface area (Å²) in [5, 5.41) is 1.65. The average Bonchev–Trinajstić information content (AvgIpc) is 2.72. The van der Waals surface area contributed by atoms with Gasteiger partial charge in [0.25, 0.3) is 0 Å². The van der Waals surface area contributed by atoms with E-state index in [0.29, 0.717) is 30.5 Å². The van der Waals surface area contributed by atoms with E-state index >= 15 is 0 Å². The number of hydrogen-bond donors (Lipinski definition) is 0. The Morgan fingerprint density at radius 3 is 2.18 bits per heavy atom. The van der Waals surface area contributed by atoms with Gasteiger partial charge in [-0.05, 0) is 12.8 Å². The third-order valence-corrected chi connectivity index (χ3v) is 4.53. The van der Waals surface area contributed by atoms with E-state index in [2.05, 4.69) is 18.6 Å². The maximum absolute atomic E-state index is 11.7. The lowest BCUT2D eigenvalue weighted by atomic mass is 10.1. The topological polar surface area (TPSA) is 54.0 Å². The summed E-state index contributed by atoms with van der Waals surface area (Å²) in [6, 6.07) is 9.43. The molecule has 0 aromatic heterocycles. The number of methoxy groups -OCH3 is 1. The maximum atomic E-state index is 11.7. The first-order valence-corrected chi connectivity index (χ1v) is 10.3. The Hall–Kier alpha value is -2.43. The van der Waals surface area contributed by atoms with Crippen LogP contribution in [0.3, 0.4) is 0 Å². The van der Waals surface area contributed by atoms with Gasteiger partial charge in [-0.1, -0.05) is 70.2 Å². The van der Waals surface area contributed by atoms with Crippen molar-refractivity contribution in [3.05, 3.63) is 30.3 Å². The first-order chi connectivity index (χ1) is 13.7. The van der Waals surface area contributed by atoms with Gasteiger partial charge in [0, 0.05) is 16.8 Å². The molecule has 0 saturated heterocycles. The molecule has 0 spiro atoms. The normalized spacial score (nSPS) is 10.7. The SMILES string of the molecule is CCCCCCOc1c(OCCCCC)cc(OC(=O)OC)c2ccccc12. The van der Waals surface area contributed by atoms with E-state index < -0.39 is 6.16 Å². The molecule has 2 rings (SSSR count). The van der Waals surface area contributed by atoms with Crippen LogP contribution < -0.4 is 14.2 Å². The first-order valence-electron chi connectivity index (χ1n) is 10.3. The van der Waals surface area contributed by atoms with E-state index in [1.807, 2.05) is 24.3 Å². The van der Waals surface area contributed by atoms with Crippen molar-refractivity contribution in [1.29, 1.82) is 0 Å². The fraction of sp³-hybridized carbons (Fsp3) is 0.522. The number of unbranched alkanes of at least 4 members (excludes halogenated alkanes) is 5. The van der Waals surface area contributed by atoms with Crippen molar-refractivity contribution in [2.45, 2.75) is 58.8 Å². The fourth-order valence-corrected chi connectivity index (χ4v) is 3.00. The van der Waals surface area contributed by atoms with E-state index in [1.54, 1.807) is 6.07 Å². The fourth-order valence-electron chi connectivity index (χ4n) is 3.00. The van der Waals surface area contributed by atoms with Crippen molar-refractivity contribution in [1.82, 2.24) is 0 Å². The Labute approximate surface area is 167 Å². The van der Waals surface area contributed by atoms with Gasteiger partial charge in [-0.25, -0.2) is 4.79 Å². The Morgan fingerprint density at radius 2 is 1.46 bits per heavy atom. The maximum Gasteiger partial charge on any atom is 0.513 e. The van der Waals surface area contributed by atoms with Crippen molar-refractivity contribution in [2.75, 3.05) is 20.3 Å². The molecule has 0 atom stereocenters. The van der Waals surface area contributed by atoms with Crippen LogP contribution in [0.5, 0.6) is 17.2 Å². The summed E-state index contributed by atoms with van der Waals surface area (Å²) in [5.74, 6) is 1.72. The number of fused-ring (bicyclic) bond motifs is 1. The highest BCUT2D eigenvalue weighted by Gasteiger charge is 2.18. The van der Waals surface area contributed by atoms with Gasteiger partial charge < -0.3 is 18.9 Å². The van der Waals surface area contributed by atoms with Gasteiger partial charge >= 0.3 is 6.16 Å². The standard InChI is InChI=1S/C23H32O5/c1-4-6-8-12-16-27-22-19-14-10-9-13-18(19)20(28-23(24)25-3)17-21(22)26-15-11-7-5-2/h9-10,13-14,17H,4-8,11-12,15-16H2,1-3H3. The highest BCUT2D eigenvalue weighted by Crippen LogP contribution is 2.42. The second-order valence-electron chi connectivity index (χ2n) is 6.77. The lowest BCUT2D eigenvalue weighted by Gasteiger charge is -2.17. The molecule has 5 nitrogen and oxygen atoms in total. The summed E-state index contributed by atoms with van der Waals surface area (Å²) >= 11 is 0. The molecule has 0 bridgehead atoms. The molecular weight excluding hydrogens is 356 g/mol. The highest BCUT2D eigenvalue weighted by molar-refractivity contribution is 5.96. The van der Waals surface area contributed by atoms with Gasteiger partial charge in [-0.2, -0.15) is 0 Å². The number of benzene rings is 2. The molecule has 28 heavy (non-hydrogen) atoms. The van der Waals surface area contributed by atoms with Gasteiger partial charge in [-0.15, -0.1) is 0 Å². The lowest BCUT2D eigenvalue weighted by molar-refractivity contribution is 0.122. The van der Waals surface area contributed by atoms with Gasteiger partial charge in [-0.3, -0.25) is 0 Å². The first kappa shape index (κ1) is 21.9. The summed E-state index contributed by atoms with van der Waals surface area (Å²) in [7, 11) is 1.29. The van der Waals surface area contributed by atoms with Crippen molar-refractivity contribution in [2.24, 2.45) is 0 Å². The predicted molar refractivity (Wildman–Crippen MR) is 112 cm³/mol. The number of hydrogen-bond acceptors (Lipinski definition) is 5. The molecule has 5 heteroatoms. The zero-order chi connectivity index (χ0) is 20.2. The second-order valence-corrected chi connectivity index (χ2v) is 6.77. The van der Waals surface area contributed by atoms with E-state index in [-0.39, 0.29) is 0 Å². The summed E-state index contributed by atoms with van der Waals surface area (Å²) in [5.41, 5.74) is 0. The molecular formula is C23H32O5. The number of ether oxygens (including phenoxy) is 4. The van der Waals surface area contributed by atoms with E-state index in [1.165, 1.54) is 20.0 Å². The zero-order valence-electron chi connectivity index (χ0n) is 17.3. The number of carbonyl (C=O) groups is 1. The van der Waals surface area contributed by atoms with Crippen LogP contribution in [0.2, 0.25) is 0 Å². The van der Waals surface area contributed by atoms with Gasteiger partial charge in [0.1, 0.15) is 5.75 Å². The summed E-state index contributed by atoms with van der Waals surface area (Å²) < 4.78 is 22.2. The minimum absolute atomic E-state index is 0.409. The van der Waals surface area contributed by atoms with Gasteiger partial charge in [0.15, 0.2) is 11.5 Å². The molecule has 0 aliphatic rings. The van der Waals surface area contributed by atoms with Gasteiger partial charge in [0.05, 0.1) is 20.3 Å². The minimum atomic E-state index is -0.754. The Morgan fingerprint density at radius 1 is 0.821 bits per heavy atom. The highest BCUT2D eigenvalue weighted by atomic mass is 16.7. The van der Waals surface area contributed by atoms with Crippen LogP contribution in [-0.2, 0) is 4.74 Å². The van der Waals surface area contributed by atoms with E-state index in [0.717, 1.165) is 42.9 Å². The van der Waals surface area contributed by atoms with Crippen molar-refractivity contribution in [3.8, 4) is 17.2 Å². The molecule has 0 saturated carbocycles. The van der Waals surface area contributed by atoms with Crippen LogP contribution >= 0.6 is 0 Å². The van der Waals surface area contributed by atoms with Crippen LogP contribution in [0.25, 0.3) is 10.8 Å². The number of carbonyl (C=O) groups excluding carboxylic acids is 1. The molecule has 0 aliphatic carbocycles. The third kappa shape index (κ3) is 6.32. The second kappa shape index (κ2) is 12.1. The molecule has 2 aromatic carbocycles. The Kier molecular flexibility index (Phi) is 9.46. The number of rotatable bonds is 12. The average molecular weight is 389 g/mol. The molecule has 0 aliphatic heterocycles. The zero-order valence-corrected chi connectivity index (χ0v) is 17.3. The predicted octanol–water partition coefficient (Wildman–Crippen LogP) is 6.51. The molecule has 0 heterocycles. The molecule has 0 amide bonds. The van der Waals surface area contributed by atoms with Crippen molar-refractivity contribution < 1.29 is 23.7 Å².